The van der Waals surface area contributed by atoms with Crippen LogP contribution in [0.2, 0.25) is 0 Å². The molecule has 1 aromatic carbocycles. The molecule has 2 saturated heterocycles. The van der Waals surface area contributed by atoms with Gasteiger partial charge in [-0.3, -0.25) is 4.90 Å². The summed E-state index contributed by atoms with van der Waals surface area (Å²) in [4.78, 5) is 2.46. The lowest BCUT2D eigenvalue weighted by molar-refractivity contribution is -0.154. The van der Waals surface area contributed by atoms with Crippen LogP contribution in [0.3, 0.4) is 0 Å². The maximum absolute atomic E-state index is 9.43. The fourth-order valence-corrected chi connectivity index (χ4v) is 3.34. The van der Waals surface area contributed by atoms with Gasteiger partial charge in [0.2, 0.25) is 0 Å². The van der Waals surface area contributed by atoms with Crippen LogP contribution in [0.1, 0.15) is 25.8 Å². The summed E-state index contributed by atoms with van der Waals surface area (Å²) in [5, 5.41) is 9.43. The first-order valence-corrected chi connectivity index (χ1v) is 7.87. The number of morpholine rings is 1. The lowest BCUT2D eigenvalue weighted by atomic mass is 9.99. The van der Waals surface area contributed by atoms with Crippen LogP contribution in [-0.4, -0.2) is 47.7 Å². The van der Waals surface area contributed by atoms with Crippen molar-refractivity contribution in [3.8, 4) is 0 Å². The second-order valence-electron chi connectivity index (χ2n) is 6.51. The Morgan fingerprint density at radius 1 is 1.24 bits per heavy atom. The summed E-state index contributed by atoms with van der Waals surface area (Å²) in [7, 11) is 0. The molecule has 1 N–H and O–H groups in total. The van der Waals surface area contributed by atoms with Gasteiger partial charge in [-0.05, 0) is 17.9 Å². The van der Waals surface area contributed by atoms with Crippen molar-refractivity contribution in [3.63, 3.8) is 0 Å². The average Bonchev–Trinajstić information content (AvgIpc) is 2.82. The molecule has 2 aliphatic rings. The fraction of sp³-hybridized carbons (Fsp3) is 0.647. The normalized spacial score (nSPS) is 32.8. The Kier molecular flexibility index (Phi) is 4.60. The topological polar surface area (TPSA) is 41.9 Å². The third-order valence-electron chi connectivity index (χ3n) is 4.35. The van der Waals surface area contributed by atoms with Crippen LogP contribution in [-0.2, 0) is 16.0 Å². The van der Waals surface area contributed by atoms with E-state index in [-0.39, 0.29) is 31.1 Å². The number of rotatable bonds is 5. The monoisotopic (exact) mass is 291 g/mol. The highest BCUT2D eigenvalue weighted by molar-refractivity contribution is 5.15. The molecule has 4 heteroatoms. The summed E-state index contributed by atoms with van der Waals surface area (Å²) in [6, 6.07) is 10.8. The van der Waals surface area contributed by atoms with E-state index in [1.54, 1.807) is 0 Å². The molecule has 2 bridgehead atoms. The molecular formula is C17H25NO3. The highest BCUT2D eigenvalue weighted by atomic mass is 16.7. The second-order valence-corrected chi connectivity index (χ2v) is 6.51. The molecule has 0 aliphatic carbocycles. The quantitative estimate of drug-likeness (QED) is 0.901. The van der Waals surface area contributed by atoms with Gasteiger partial charge in [-0.15, -0.1) is 0 Å². The van der Waals surface area contributed by atoms with Crippen molar-refractivity contribution in [2.75, 3.05) is 13.2 Å². The van der Waals surface area contributed by atoms with E-state index in [9.17, 15) is 5.11 Å². The molecule has 0 aromatic heterocycles. The Morgan fingerprint density at radius 2 is 2.00 bits per heavy atom. The number of fused-ring (bicyclic) bond motifs is 2. The minimum Gasteiger partial charge on any atom is -0.394 e. The minimum absolute atomic E-state index is 0.00729. The van der Waals surface area contributed by atoms with E-state index in [0.717, 1.165) is 19.5 Å². The average molecular weight is 291 g/mol. The summed E-state index contributed by atoms with van der Waals surface area (Å²) in [6.07, 6.45) is 0.659. The number of hydrogen-bond acceptors (Lipinski definition) is 4. The summed E-state index contributed by atoms with van der Waals surface area (Å²) in [5.41, 5.74) is 1.31. The molecular weight excluding hydrogens is 266 g/mol. The first-order chi connectivity index (χ1) is 10.2. The van der Waals surface area contributed by atoms with Crippen LogP contribution in [0.15, 0.2) is 30.3 Å². The largest absolute Gasteiger partial charge is 0.394 e. The van der Waals surface area contributed by atoms with E-state index in [1.807, 2.05) is 6.07 Å². The molecule has 0 radical (unpaired) electrons. The van der Waals surface area contributed by atoms with Gasteiger partial charge in [0.25, 0.3) is 0 Å². The standard InChI is InChI=1S/C17H25NO3/c1-12(2)8-14-17-20-15(16(11-19)21-17)10-18(14)9-13-6-4-3-5-7-13/h3-7,12,14-17,19H,8-11H2,1-2H3/t14-,15-,16+,17-/m0/s1. The van der Waals surface area contributed by atoms with Crippen LogP contribution in [0.5, 0.6) is 0 Å². The summed E-state index contributed by atoms with van der Waals surface area (Å²) in [6.45, 7) is 6.23. The van der Waals surface area contributed by atoms with Crippen molar-refractivity contribution >= 4 is 0 Å². The van der Waals surface area contributed by atoms with E-state index < -0.39 is 0 Å². The predicted octanol–water partition coefficient (Wildman–Crippen LogP) is 2.02. The molecule has 1 aromatic rings. The second kappa shape index (κ2) is 6.44. The van der Waals surface area contributed by atoms with Crippen molar-refractivity contribution in [1.29, 1.82) is 0 Å². The Hall–Kier alpha value is -0.940. The molecule has 116 valence electrons. The fourth-order valence-electron chi connectivity index (χ4n) is 3.34. The van der Waals surface area contributed by atoms with Crippen molar-refractivity contribution in [2.24, 2.45) is 5.92 Å². The number of benzene rings is 1. The van der Waals surface area contributed by atoms with Crippen molar-refractivity contribution in [1.82, 2.24) is 4.90 Å². The molecule has 2 heterocycles. The predicted molar refractivity (Wildman–Crippen MR) is 80.7 cm³/mol. The minimum atomic E-state index is -0.202. The van der Waals surface area contributed by atoms with Crippen LogP contribution in [0.25, 0.3) is 0 Å². The van der Waals surface area contributed by atoms with Crippen LogP contribution in [0, 0.1) is 5.92 Å². The first kappa shape index (κ1) is 15.0. The highest BCUT2D eigenvalue weighted by Crippen LogP contribution is 2.33. The molecule has 4 atom stereocenters. The van der Waals surface area contributed by atoms with E-state index in [1.165, 1.54) is 5.56 Å². The van der Waals surface area contributed by atoms with Gasteiger partial charge in [-0.1, -0.05) is 44.2 Å². The third-order valence-corrected chi connectivity index (χ3v) is 4.35. The Labute approximate surface area is 126 Å². The van der Waals surface area contributed by atoms with Gasteiger partial charge < -0.3 is 14.6 Å². The Balaban J connectivity index is 1.76. The molecule has 0 unspecified atom stereocenters. The molecule has 0 spiro atoms. The molecule has 0 saturated carbocycles. The van der Waals surface area contributed by atoms with E-state index >= 15 is 0 Å². The summed E-state index contributed by atoms with van der Waals surface area (Å²) < 4.78 is 11.9. The van der Waals surface area contributed by atoms with Gasteiger partial charge in [-0.2, -0.15) is 0 Å². The van der Waals surface area contributed by atoms with Crippen LogP contribution >= 0.6 is 0 Å². The van der Waals surface area contributed by atoms with Gasteiger partial charge in [-0.25, -0.2) is 0 Å². The Bertz CT molecular complexity index is 451. The Morgan fingerprint density at radius 3 is 2.67 bits per heavy atom. The van der Waals surface area contributed by atoms with Crippen molar-refractivity contribution in [2.45, 2.75) is 51.4 Å². The molecule has 21 heavy (non-hydrogen) atoms. The zero-order valence-corrected chi connectivity index (χ0v) is 12.8. The van der Waals surface area contributed by atoms with E-state index in [2.05, 4.69) is 43.0 Å². The number of aliphatic hydroxyl groups excluding tert-OH is 1. The number of nitrogens with zero attached hydrogens (tertiary/aromatic N) is 1. The highest BCUT2D eigenvalue weighted by Gasteiger charge is 2.47. The van der Waals surface area contributed by atoms with Crippen LogP contribution in [0.4, 0.5) is 0 Å². The molecule has 0 amide bonds. The molecule has 3 rings (SSSR count). The SMILES string of the molecule is CC(C)C[C@H]1[C@H]2O[C@@H](CN1Cc1ccccc1)[C@@H](CO)O2. The maximum Gasteiger partial charge on any atom is 0.174 e. The maximum atomic E-state index is 9.43. The zero-order chi connectivity index (χ0) is 14.8. The van der Waals surface area contributed by atoms with Gasteiger partial charge in [0.05, 0.1) is 12.6 Å². The number of ether oxygens (including phenoxy) is 2. The lowest BCUT2D eigenvalue weighted by Gasteiger charge is -2.39. The first-order valence-electron chi connectivity index (χ1n) is 7.87. The number of hydrogen-bond donors (Lipinski definition) is 1. The molecule has 4 nitrogen and oxygen atoms in total. The van der Waals surface area contributed by atoms with Gasteiger partial charge in [0, 0.05) is 13.1 Å². The van der Waals surface area contributed by atoms with Crippen molar-refractivity contribution in [3.05, 3.63) is 35.9 Å². The third kappa shape index (κ3) is 3.29. The molecule has 2 fully saturated rings. The van der Waals surface area contributed by atoms with E-state index in [4.69, 9.17) is 9.47 Å². The van der Waals surface area contributed by atoms with Gasteiger partial charge >= 0.3 is 0 Å². The number of aliphatic hydroxyl groups is 1. The summed E-state index contributed by atoms with van der Waals surface area (Å²) in [5.74, 6) is 0.588. The smallest absolute Gasteiger partial charge is 0.174 e. The summed E-state index contributed by atoms with van der Waals surface area (Å²) >= 11 is 0. The van der Waals surface area contributed by atoms with Gasteiger partial charge in [0.15, 0.2) is 6.29 Å². The van der Waals surface area contributed by atoms with E-state index in [0.29, 0.717) is 5.92 Å². The molecule has 2 aliphatic heterocycles. The lowest BCUT2D eigenvalue weighted by Crippen LogP contribution is -2.51. The zero-order valence-electron chi connectivity index (χ0n) is 12.8. The van der Waals surface area contributed by atoms with Crippen molar-refractivity contribution < 1.29 is 14.6 Å². The van der Waals surface area contributed by atoms with Crippen LogP contribution < -0.4 is 0 Å². The van der Waals surface area contributed by atoms with Gasteiger partial charge in [0.1, 0.15) is 12.2 Å².